The second kappa shape index (κ2) is 9.86. The number of nitrogens with zero attached hydrogens (tertiary/aromatic N) is 4. The number of carboxylic acid groups (broad SMARTS) is 1. The van der Waals surface area contributed by atoms with Crippen LogP contribution >= 0.6 is 11.3 Å². The summed E-state index contributed by atoms with van der Waals surface area (Å²) in [6, 6.07) is 0. The molecule has 1 amide bonds. The molecule has 0 aromatic carbocycles. The summed E-state index contributed by atoms with van der Waals surface area (Å²) in [6.07, 6.45) is 5.28. The van der Waals surface area contributed by atoms with Crippen molar-refractivity contribution in [1.29, 1.82) is 0 Å². The summed E-state index contributed by atoms with van der Waals surface area (Å²) < 4.78 is 0. The third kappa shape index (κ3) is 5.57. The highest BCUT2D eigenvalue weighted by molar-refractivity contribution is 7.13. The maximum Gasteiger partial charge on any atom is 0.340 e. The maximum absolute atomic E-state index is 12.4. The minimum absolute atomic E-state index is 0.0482. The van der Waals surface area contributed by atoms with E-state index in [1.807, 2.05) is 26.8 Å². The largest absolute Gasteiger partial charge is 0.478 e. The van der Waals surface area contributed by atoms with Gasteiger partial charge in [0.25, 0.3) is 0 Å². The molecule has 3 rings (SSSR count). The van der Waals surface area contributed by atoms with Gasteiger partial charge in [0.2, 0.25) is 5.91 Å². The van der Waals surface area contributed by atoms with E-state index in [0.29, 0.717) is 37.0 Å². The number of aromatic nitrogens is 1. The SMILES string of the molecule is CCNC(=O)CC1CN(C(=C/C(C)C)/N=C2\CC(=O)C(C(=O)O)=CN2c2nccs2)C1. The van der Waals surface area contributed by atoms with Gasteiger partial charge in [-0.25, -0.2) is 14.8 Å². The molecule has 0 radical (unpaired) electrons. The number of amides is 1. The fourth-order valence-corrected chi connectivity index (χ4v) is 4.07. The molecule has 1 aromatic heterocycles. The molecule has 1 saturated heterocycles. The average molecular weight is 446 g/mol. The van der Waals surface area contributed by atoms with Crippen LogP contribution in [0.2, 0.25) is 0 Å². The summed E-state index contributed by atoms with van der Waals surface area (Å²) >= 11 is 1.34. The first-order chi connectivity index (χ1) is 14.8. The molecule has 9 nitrogen and oxygen atoms in total. The Morgan fingerprint density at radius 3 is 2.74 bits per heavy atom. The van der Waals surface area contributed by atoms with Gasteiger partial charge in [0.05, 0.1) is 6.42 Å². The quantitative estimate of drug-likeness (QED) is 0.590. The number of Topliss-reactive ketones (excluding diaryl/α,β-unsaturated/α-hetero) is 1. The fraction of sp³-hybridized carbons (Fsp3) is 0.476. The number of carbonyl (C=O) groups excluding carboxylic acids is 2. The Kier molecular flexibility index (Phi) is 7.21. The van der Waals surface area contributed by atoms with Crippen LogP contribution in [0.15, 0.2) is 40.2 Å². The summed E-state index contributed by atoms with van der Waals surface area (Å²) in [4.78, 5) is 48.4. The third-order valence-corrected chi connectivity index (χ3v) is 5.64. The molecule has 10 heteroatoms. The molecule has 166 valence electrons. The Morgan fingerprint density at radius 1 is 1.42 bits per heavy atom. The number of carboxylic acids is 1. The smallest absolute Gasteiger partial charge is 0.340 e. The number of ketones is 1. The molecule has 0 saturated carbocycles. The summed E-state index contributed by atoms with van der Waals surface area (Å²) in [6.45, 7) is 8.00. The second-order valence-electron chi connectivity index (χ2n) is 7.86. The molecule has 0 aliphatic carbocycles. The van der Waals surface area contributed by atoms with Gasteiger partial charge in [-0.1, -0.05) is 13.8 Å². The molecule has 1 fully saturated rings. The zero-order chi connectivity index (χ0) is 22.5. The standard InChI is InChI=1S/C21H27N5O4S/c1-4-22-19(28)8-14-10-25(11-14)17(7-13(2)3)24-18-9-16(27)15(20(29)30)12-26(18)21-23-5-6-31-21/h5-7,12-14H,4,8-11H2,1-3H3,(H,22,28)(H,29,30)/b17-7+,24-18+. The first-order valence-electron chi connectivity index (χ1n) is 10.3. The van der Waals surface area contributed by atoms with Gasteiger partial charge in [-0.2, -0.15) is 0 Å². The van der Waals surface area contributed by atoms with Crippen LogP contribution in [0.4, 0.5) is 5.13 Å². The van der Waals surface area contributed by atoms with Crippen molar-refractivity contribution in [2.75, 3.05) is 24.5 Å². The van der Waals surface area contributed by atoms with E-state index >= 15 is 0 Å². The van der Waals surface area contributed by atoms with Crippen molar-refractivity contribution in [1.82, 2.24) is 15.2 Å². The molecule has 0 unspecified atom stereocenters. The van der Waals surface area contributed by atoms with Crippen LogP contribution in [-0.4, -0.2) is 58.1 Å². The number of anilines is 1. The Balaban J connectivity index is 1.85. The number of aliphatic carboxylic acids is 1. The summed E-state index contributed by atoms with van der Waals surface area (Å²) in [5, 5.41) is 14.5. The van der Waals surface area contributed by atoms with Crippen LogP contribution in [0, 0.1) is 11.8 Å². The number of carbonyl (C=O) groups is 3. The van der Waals surface area contributed by atoms with Crippen molar-refractivity contribution in [2.45, 2.75) is 33.6 Å². The fourth-order valence-electron chi connectivity index (χ4n) is 3.43. The zero-order valence-corrected chi connectivity index (χ0v) is 18.7. The Hall–Kier alpha value is -3.01. The van der Waals surface area contributed by atoms with Gasteiger partial charge in [-0.15, -0.1) is 11.3 Å². The van der Waals surface area contributed by atoms with E-state index in [1.165, 1.54) is 17.5 Å². The highest BCUT2D eigenvalue weighted by atomic mass is 32.1. The normalized spacial score (nSPS) is 19.0. The molecule has 2 N–H and O–H groups in total. The van der Waals surface area contributed by atoms with Crippen LogP contribution in [0.1, 0.15) is 33.6 Å². The van der Waals surface area contributed by atoms with Crippen molar-refractivity contribution in [3.8, 4) is 0 Å². The first kappa shape index (κ1) is 22.7. The van der Waals surface area contributed by atoms with Gasteiger partial charge in [0.15, 0.2) is 10.9 Å². The molecule has 0 spiro atoms. The predicted octanol–water partition coefficient (Wildman–Crippen LogP) is 2.24. The second-order valence-corrected chi connectivity index (χ2v) is 8.73. The number of thiazole rings is 1. The Morgan fingerprint density at radius 2 is 2.16 bits per heavy atom. The topological polar surface area (TPSA) is 115 Å². The van der Waals surface area contributed by atoms with E-state index in [2.05, 4.69) is 15.2 Å². The minimum Gasteiger partial charge on any atom is -0.478 e. The van der Waals surface area contributed by atoms with Crippen LogP contribution in [0.5, 0.6) is 0 Å². The van der Waals surface area contributed by atoms with E-state index in [0.717, 1.165) is 5.82 Å². The number of rotatable bonds is 8. The van der Waals surface area contributed by atoms with E-state index in [4.69, 9.17) is 4.99 Å². The Labute approximate surface area is 185 Å². The molecule has 3 heterocycles. The third-order valence-electron chi connectivity index (χ3n) is 4.87. The molecule has 0 bridgehead atoms. The van der Waals surface area contributed by atoms with Crippen molar-refractivity contribution in [3.63, 3.8) is 0 Å². The number of likely N-dealkylation sites (tertiary alicyclic amines) is 1. The zero-order valence-electron chi connectivity index (χ0n) is 17.9. The van der Waals surface area contributed by atoms with Crippen molar-refractivity contribution in [3.05, 3.63) is 35.2 Å². The maximum atomic E-state index is 12.4. The lowest BCUT2D eigenvalue weighted by molar-refractivity contribution is -0.134. The monoisotopic (exact) mass is 445 g/mol. The van der Waals surface area contributed by atoms with Crippen molar-refractivity contribution < 1.29 is 19.5 Å². The lowest BCUT2D eigenvalue weighted by atomic mass is 9.95. The van der Waals surface area contributed by atoms with E-state index < -0.39 is 11.8 Å². The van der Waals surface area contributed by atoms with Crippen molar-refractivity contribution >= 4 is 40.0 Å². The molecule has 31 heavy (non-hydrogen) atoms. The number of nitrogens with one attached hydrogen (secondary N) is 1. The van der Waals surface area contributed by atoms with Crippen molar-refractivity contribution in [2.24, 2.45) is 16.8 Å². The highest BCUT2D eigenvalue weighted by Crippen LogP contribution is 2.29. The van der Waals surface area contributed by atoms with Crippen LogP contribution in [0.25, 0.3) is 0 Å². The molecule has 2 aliphatic rings. The van der Waals surface area contributed by atoms with E-state index in [-0.39, 0.29) is 29.7 Å². The highest BCUT2D eigenvalue weighted by Gasteiger charge is 2.33. The number of aliphatic imine (C=N–C) groups is 1. The van der Waals surface area contributed by atoms with Gasteiger partial charge in [-0.05, 0) is 18.9 Å². The molecular weight excluding hydrogens is 418 g/mol. The number of amidine groups is 1. The lowest BCUT2D eigenvalue weighted by Crippen LogP contribution is -2.48. The van der Waals surface area contributed by atoms with Gasteiger partial charge in [0, 0.05) is 49.7 Å². The average Bonchev–Trinajstić information content (AvgIpc) is 3.18. The van der Waals surface area contributed by atoms with Gasteiger partial charge < -0.3 is 15.3 Å². The molecular formula is C21H27N5O4S. The van der Waals surface area contributed by atoms with E-state index in [9.17, 15) is 19.5 Å². The number of hydrogen-bond donors (Lipinski definition) is 2. The molecule has 2 aliphatic heterocycles. The number of allylic oxidation sites excluding steroid dienone is 1. The number of hydrogen-bond acceptors (Lipinski definition) is 7. The van der Waals surface area contributed by atoms with E-state index in [1.54, 1.807) is 16.5 Å². The van der Waals surface area contributed by atoms with Gasteiger partial charge in [0.1, 0.15) is 17.2 Å². The summed E-state index contributed by atoms with van der Waals surface area (Å²) in [5.41, 5.74) is -0.283. The van der Waals surface area contributed by atoms with Crippen LogP contribution in [0.3, 0.4) is 0 Å². The lowest BCUT2D eigenvalue weighted by Gasteiger charge is -2.41. The molecule has 0 atom stereocenters. The van der Waals surface area contributed by atoms with Gasteiger partial charge >= 0.3 is 5.97 Å². The predicted molar refractivity (Wildman–Crippen MR) is 119 cm³/mol. The minimum atomic E-state index is -1.26. The Bertz CT molecular complexity index is 930. The van der Waals surface area contributed by atoms with Crippen LogP contribution in [-0.2, 0) is 14.4 Å². The van der Waals surface area contributed by atoms with Gasteiger partial charge in [-0.3, -0.25) is 14.5 Å². The van der Waals surface area contributed by atoms with Crippen LogP contribution < -0.4 is 10.2 Å². The summed E-state index contributed by atoms with van der Waals surface area (Å²) in [5.74, 6) is -0.0710. The summed E-state index contributed by atoms with van der Waals surface area (Å²) in [7, 11) is 0. The molecule has 1 aromatic rings. The first-order valence-corrected chi connectivity index (χ1v) is 11.1.